The van der Waals surface area contributed by atoms with Crippen LogP contribution in [0.5, 0.6) is 11.5 Å². The first kappa shape index (κ1) is 25.1. The Morgan fingerprint density at radius 3 is 2.34 bits per heavy atom. The third kappa shape index (κ3) is 13.8. The molecule has 4 nitrogen and oxygen atoms in total. The maximum atomic E-state index is 11.1. The number of phenols is 1. The standard InChI is InChI=1S/C25H40O4/c1-3-4-5-6-7-9-12-15-23(29-24-20-18-22(26)19-21-24)16-13-10-8-11-14-17-25(27)28-2/h12,15,18-21,23,26H,3-11,13-14,16-17H2,1-2H3/b15-12+. The Morgan fingerprint density at radius 2 is 1.62 bits per heavy atom. The summed E-state index contributed by atoms with van der Waals surface area (Å²) in [4.78, 5) is 11.1. The fourth-order valence-electron chi connectivity index (χ4n) is 3.25. The van der Waals surface area contributed by atoms with Crippen molar-refractivity contribution in [3.63, 3.8) is 0 Å². The van der Waals surface area contributed by atoms with E-state index in [0.717, 1.165) is 50.7 Å². The second kappa shape index (κ2) is 16.9. The molecular formula is C25H40O4. The Kier molecular flexibility index (Phi) is 14.6. The zero-order chi connectivity index (χ0) is 21.2. The average molecular weight is 405 g/mol. The summed E-state index contributed by atoms with van der Waals surface area (Å²) in [7, 11) is 1.44. The minimum Gasteiger partial charge on any atom is -0.508 e. The number of benzene rings is 1. The van der Waals surface area contributed by atoms with Gasteiger partial charge in [-0.2, -0.15) is 0 Å². The van der Waals surface area contributed by atoms with E-state index in [0.29, 0.717) is 6.42 Å². The number of esters is 1. The smallest absolute Gasteiger partial charge is 0.305 e. The van der Waals surface area contributed by atoms with E-state index in [1.807, 2.05) is 12.1 Å². The van der Waals surface area contributed by atoms with E-state index in [1.165, 1.54) is 39.2 Å². The average Bonchev–Trinajstić information content (AvgIpc) is 2.73. The molecule has 0 heterocycles. The fourth-order valence-corrected chi connectivity index (χ4v) is 3.25. The largest absolute Gasteiger partial charge is 0.508 e. The molecule has 0 aliphatic heterocycles. The predicted molar refractivity (Wildman–Crippen MR) is 119 cm³/mol. The number of ether oxygens (including phenoxy) is 2. The van der Waals surface area contributed by atoms with Crippen LogP contribution in [0.3, 0.4) is 0 Å². The third-order valence-electron chi connectivity index (χ3n) is 5.05. The van der Waals surface area contributed by atoms with E-state index in [1.54, 1.807) is 12.1 Å². The number of rotatable bonds is 17. The third-order valence-corrected chi connectivity index (χ3v) is 5.05. The van der Waals surface area contributed by atoms with Crippen LogP contribution in [-0.4, -0.2) is 24.3 Å². The van der Waals surface area contributed by atoms with Crippen molar-refractivity contribution < 1.29 is 19.4 Å². The molecular weight excluding hydrogens is 364 g/mol. The van der Waals surface area contributed by atoms with Gasteiger partial charge in [0, 0.05) is 6.42 Å². The monoisotopic (exact) mass is 404 g/mol. The van der Waals surface area contributed by atoms with Crippen LogP contribution in [-0.2, 0) is 9.53 Å². The van der Waals surface area contributed by atoms with E-state index >= 15 is 0 Å². The molecule has 0 saturated heterocycles. The van der Waals surface area contributed by atoms with Gasteiger partial charge in [-0.1, -0.05) is 57.9 Å². The highest BCUT2D eigenvalue weighted by Crippen LogP contribution is 2.20. The predicted octanol–water partition coefficient (Wildman–Crippen LogP) is 6.96. The van der Waals surface area contributed by atoms with E-state index < -0.39 is 0 Å². The Hall–Kier alpha value is -1.97. The van der Waals surface area contributed by atoms with Crippen molar-refractivity contribution in [3.05, 3.63) is 36.4 Å². The molecule has 164 valence electrons. The minimum atomic E-state index is -0.118. The minimum absolute atomic E-state index is 0.0604. The molecule has 0 saturated carbocycles. The molecule has 0 spiro atoms. The molecule has 0 aliphatic rings. The molecule has 0 bridgehead atoms. The molecule has 1 atom stereocenters. The van der Waals surface area contributed by atoms with Crippen LogP contribution in [0.4, 0.5) is 0 Å². The first-order valence-electron chi connectivity index (χ1n) is 11.3. The lowest BCUT2D eigenvalue weighted by molar-refractivity contribution is -0.140. The summed E-state index contributed by atoms with van der Waals surface area (Å²) in [5.41, 5.74) is 0. The normalized spacial score (nSPS) is 12.2. The van der Waals surface area contributed by atoms with Crippen molar-refractivity contribution in [3.8, 4) is 11.5 Å². The number of phenolic OH excluding ortho intramolecular Hbond substituents is 1. The number of hydrogen-bond acceptors (Lipinski definition) is 4. The zero-order valence-corrected chi connectivity index (χ0v) is 18.4. The van der Waals surface area contributed by atoms with Gasteiger partial charge in [0.25, 0.3) is 0 Å². The first-order chi connectivity index (χ1) is 14.2. The highest BCUT2D eigenvalue weighted by molar-refractivity contribution is 5.68. The SMILES string of the molecule is CCCCCCC/C=C/C(CCCCCCCC(=O)OC)Oc1ccc(O)cc1. The molecule has 1 aromatic rings. The van der Waals surface area contributed by atoms with Crippen molar-refractivity contribution in [2.24, 2.45) is 0 Å². The summed E-state index contributed by atoms with van der Waals surface area (Å²) < 4.78 is 10.8. The summed E-state index contributed by atoms with van der Waals surface area (Å²) in [5.74, 6) is 0.925. The maximum Gasteiger partial charge on any atom is 0.305 e. The van der Waals surface area contributed by atoms with Crippen molar-refractivity contribution in [1.82, 2.24) is 0 Å². The lowest BCUT2D eigenvalue weighted by atomic mass is 10.1. The molecule has 0 amide bonds. The van der Waals surface area contributed by atoms with Gasteiger partial charge < -0.3 is 14.6 Å². The van der Waals surface area contributed by atoms with E-state index in [-0.39, 0.29) is 17.8 Å². The Balaban J connectivity index is 2.33. The lowest BCUT2D eigenvalue weighted by Gasteiger charge is -2.16. The van der Waals surface area contributed by atoms with Gasteiger partial charge in [-0.3, -0.25) is 4.79 Å². The molecule has 1 N–H and O–H groups in total. The number of carbonyl (C=O) groups is 1. The highest BCUT2D eigenvalue weighted by Gasteiger charge is 2.07. The van der Waals surface area contributed by atoms with Crippen molar-refractivity contribution in [2.75, 3.05) is 7.11 Å². The van der Waals surface area contributed by atoms with E-state index in [4.69, 9.17) is 4.74 Å². The van der Waals surface area contributed by atoms with Gasteiger partial charge in [0.15, 0.2) is 0 Å². The van der Waals surface area contributed by atoms with Crippen LogP contribution in [0, 0.1) is 0 Å². The van der Waals surface area contributed by atoms with Crippen LogP contribution >= 0.6 is 0 Å². The molecule has 0 radical (unpaired) electrons. The fraction of sp³-hybridized carbons (Fsp3) is 0.640. The number of methoxy groups -OCH3 is 1. The molecule has 0 aliphatic carbocycles. The van der Waals surface area contributed by atoms with Crippen molar-refractivity contribution >= 4 is 5.97 Å². The first-order valence-corrected chi connectivity index (χ1v) is 11.3. The van der Waals surface area contributed by atoms with Crippen LogP contribution in [0.2, 0.25) is 0 Å². The van der Waals surface area contributed by atoms with Gasteiger partial charge in [0.05, 0.1) is 7.11 Å². The second-order valence-electron chi connectivity index (χ2n) is 7.66. The zero-order valence-electron chi connectivity index (χ0n) is 18.4. The molecule has 0 aromatic heterocycles. The quantitative estimate of drug-likeness (QED) is 0.173. The number of aromatic hydroxyl groups is 1. The highest BCUT2D eigenvalue weighted by atomic mass is 16.5. The Morgan fingerprint density at radius 1 is 0.966 bits per heavy atom. The van der Waals surface area contributed by atoms with Gasteiger partial charge >= 0.3 is 5.97 Å². The van der Waals surface area contributed by atoms with E-state index in [2.05, 4.69) is 23.8 Å². The van der Waals surface area contributed by atoms with E-state index in [9.17, 15) is 9.90 Å². The van der Waals surface area contributed by atoms with Crippen molar-refractivity contribution in [2.45, 2.75) is 96.5 Å². The maximum absolute atomic E-state index is 11.1. The van der Waals surface area contributed by atoms with Crippen LogP contribution in [0.1, 0.15) is 90.4 Å². The molecule has 0 fully saturated rings. The van der Waals surface area contributed by atoms with Gasteiger partial charge in [-0.15, -0.1) is 0 Å². The van der Waals surface area contributed by atoms with Gasteiger partial charge in [-0.25, -0.2) is 0 Å². The summed E-state index contributed by atoms with van der Waals surface area (Å²) >= 11 is 0. The lowest BCUT2D eigenvalue weighted by Crippen LogP contribution is -2.13. The van der Waals surface area contributed by atoms with Crippen molar-refractivity contribution in [1.29, 1.82) is 0 Å². The van der Waals surface area contributed by atoms with Gasteiger partial charge in [0.2, 0.25) is 0 Å². The summed E-state index contributed by atoms with van der Waals surface area (Å²) in [5, 5.41) is 9.45. The number of unbranched alkanes of at least 4 members (excludes halogenated alkanes) is 9. The van der Waals surface area contributed by atoms with Gasteiger partial charge in [-0.05, 0) is 62.4 Å². The Labute approximate surface area is 177 Å². The number of allylic oxidation sites excluding steroid dienone is 1. The van der Waals surface area contributed by atoms with Crippen LogP contribution in [0.15, 0.2) is 36.4 Å². The molecule has 1 unspecified atom stereocenters. The summed E-state index contributed by atoms with van der Waals surface area (Å²) in [6, 6.07) is 6.94. The van der Waals surface area contributed by atoms with Crippen LogP contribution in [0.25, 0.3) is 0 Å². The number of hydrogen-bond donors (Lipinski definition) is 1. The summed E-state index contributed by atoms with van der Waals surface area (Å²) in [6.07, 6.45) is 18.9. The molecule has 1 rings (SSSR count). The molecule has 29 heavy (non-hydrogen) atoms. The summed E-state index contributed by atoms with van der Waals surface area (Å²) in [6.45, 7) is 2.24. The Bertz CT molecular complexity index is 550. The second-order valence-corrected chi connectivity index (χ2v) is 7.66. The number of carbonyl (C=O) groups excluding carboxylic acids is 1. The molecule has 1 aromatic carbocycles. The van der Waals surface area contributed by atoms with Crippen LogP contribution < -0.4 is 4.74 Å². The topological polar surface area (TPSA) is 55.8 Å². The molecule has 4 heteroatoms. The van der Waals surface area contributed by atoms with Gasteiger partial charge in [0.1, 0.15) is 17.6 Å².